The fraction of sp³-hybridized carbons (Fsp3) is 0.158. The number of amides is 4. The first kappa shape index (κ1) is 18.3. The van der Waals surface area contributed by atoms with Gasteiger partial charge in [-0.25, -0.2) is 9.78 Å². The van der Waals surface area contributed by atoms with Crippen molar-refractivity contribution in [3.63, 3.8) is 0 Å². The summed E-state index contributed by atoms with van der Waals surface area (Å²) in [6.07, 6.45) is 0. The van der Waals surface area contributed by atoms with Crippen LogP contribution in [0.3, 0.4) is 0 Å². The third kappa shape index (κ3) is 3.67. The number of aryl methyl sites for hydroxylation is 1. The van der Waals surface area contributed by atoms with Crippen LogP contribution >= 0.6 is 22.7 Å². The first-order chi connectivity index (χ1) is 13.5. The highest BCUT2D eigenvalue weighted by Gasteiger charge is 2.28. The van der Waals surface area contributed by atoms with Crippen LogP contribution in [0.25, 0.3) is 10.6 Å². The smallest absolute Gasteiger partial charge is 0.324 e. The van der Waals surface area contributed by atoms with E-state index in [-0.39, 0.29) is 24.9 Å². The first-order valence-electron chi connectivity index (χ1n) is 8.50. The minimum atomic E-state index is -0.402. The molecule has 0 atom stereocenters. The third-order valence-electron chi connectivity index (χ3n) is 4.23. The van der Waals surface area contributed by atoms with Gasteiger partial charge in [0, 0.05) is 16.6 Å². The van der Waals surface area contributed by atoms with Gasteiger partial charge in [0.2, 0.25) is 5.91 Å². The van der Waals surface area contributed by atoms with Crippen molar-refractivity contribution in [2.75, 3.05) is 11.9 Å². The van der Waals surface area contributed by atoms with Crippen LogP contribution < -0.4 is 10.6 Å². The quantitative estimate of drug-likeness (QED) is 0.628. The van der Waals surface area contributed by atoms with Crippen molar-refractivity contribution in [1.82, 2.24) is 15.2 Å². The molecule has 2 N–H and O–H groups in total. The Labute approximate surface area is 169 Å². The minimum absolute atomic E-state index is 0.0202. The molecule has 9 heteroatoms. The van der Waals surface area contributed by atoms with Crippen LogP contribution in [0.1, 0.15) is 20.9 Å². The van der Waals surface area contributed by atoms with Crippen LogP contribution in [0.2, 0.25) is 0 Å². The van der Waals surface area contributed by atoms with Gasteiger partial charge in [-0.1, -0.05) is 12.1 Å². The molecular weight excluding hydrogens is 396 g/mol. The highest BCUT2D eigenvalue weighted by Crippen LogP contribution is 2.30. The molecule has 142 valence electrons. The molecule has 0 aliphatic carbocycles. The van der Waals surface area contributed by atoms with E-state index in [0.717, 1.165) is 21.0 Å². The maximum Gasteiger partial charge on any atom is 0.324 e. The molecule has 7 nitrogen and oxygen atoms in total. The number of hydrogen-bond acceptors (Lipinski definition) is 6. The van der Waals surface area contributed by atoms with Gasteiger partial charge in [-0.15, -0.1) is 11.3 Å². The van der Waals surface area contributed by atoms with Crippen molar-refractivity contribution in [2.24, 2.45) is 0 Å². The molecule has 1 saturated heterocycles. The third-order valence-corrected chi connectivity index (χ3v) is 6.12. The number of anilines is 1. The summed E-state index contributed by atoms with van der Waals surface area (Å²) in [5.41, 5.74) is 3.04. The SMILES string of the molecule is Cc1nc(-c2ccsc2)sc1C(=O)Nc1cccc(CN2C(=O)CNC2=O)c1. The average Bonchev–Trinajstić information content (AvgIpc) is 3.39. The van der Waals surface area contributed by atoms with Crippen LogP contribution in [0.15, 0.2) is 41.1 Å². The summed E-state index contributed by atoms with van der Waals surface area (Å²) < 4.78 is 0. The molecule has 0 spiro atoms. The van der Waals surface area contributed by atoms with Crippen LogP contribution in [0.4, 0.5) is 10.5 Å². The molecule has 1 aromatic carbocycles. The second-order valence-electron chi connectivity index (χ2n) is 6.24. The number of thiophene rings is 1. The van der Waals surface area contributed by atoms with E-state index in [4.69, 9.17) is 0 Å². The van der Waals surface area contributed by atoms with Gasteiger partial charge in [0.25, 0.3) is 5.91 Å². The van der Waals surface area contributed by atoms with Gasteiger partial charge in [-0.2, -0.15) is 11.3 Å². The van der Waals surface area contributed by atoms with Gasteiger partial charge in [-0.05, 0) is 36.1 Å². The molecule has 1 aliphatic heterocycles. The number of hydrogen-bond donors (Lipinski definition) is 2. The zero-order valence-electron chi connectivity index (χ0n) is 14.9. The van der Waals surface area contributed by atoms with Gasteiger partial charge >= 0.3 is 6.03 Å². The highest BCUT2D eigenvalue weighted by molar-refractivity contribution is 7.17. The molecule has 0 unspecified atom stereocenters. The second-order valence-corrected chi connectivity index (χ2v) is 8.02. The van der Waals surface area contributed by atoms with E-state index in [1.165, 1.54) is 11.3 Å². The minimum Gasteiger partial charge on any atom is -0.329 e. The monoisotopic (exact) mass is 412 g/mol. The topological polar surface area (TPSA) is 91.4 Å². The van der Waals surface area contributed by atoms with Crippen LogP contribution in [-0.4, -0.2) is 34.3 Å². The Morgan fingerprint density at radius 3 is 2.89 bits per heavy atom. The van der Waals surface area contributed by atoms with Crippen molar-refractivity contribution in [2.45, 2.75) is 13.5 Å². The lowest BCUT2D eigenvalue weighted by Gasteiger charge is -2.13. The number of nitrogens with one attached hydrogen (secondary N) is 2. The Bertz CT molecular complexity index is 1040. The predicted molar refractivity (Wildman–Crippen MR) is 109 cm³/mol. The number of carbonyl (C=O) groups is 3. The Morgan fingerprint density at radius 1 is 1.32 bits per heavy atom. The summed E-state index contributed by atoms with van der Waals surface area (Å²) in [5.74, 6) is -0.496. The van der Waals surface area contributed by atoms with E-state index < -0.39 is 6.03 Å². The fourth-order valence-corrected chi connectivity index (χ4v) is 4.52. The molecule has 0 radical (unpaired) electrons. The van der Waals surface area contributed by atoms with Gasteiger partial charge in [0.1, 0.15) is 9.88 Å². The molecule has 2 aromatic heterocycles. The molecule has 4 amide bonds. The fourth-order valence-electron chi connectivity index (χ4n) is 2.85. The summed E-state index contributed by atoms with van der Waals surface area (Å²) in [4.78, 5) is 42.4. The summed E-state index contributed by atoms with van der Waals surface area (Å²) in [6.45, 7) is 2.00. The normalized spacial score (nSPS) is 13.7. The number of rotatable bonds is 5. The molecule has 4 rings (SSSR count). The molecule has 0 bridgehead atoms. The van der Waals surface area contributed by atoms with Crippen LogP contribution in [0, 0.1) is 6.92 Å². The van der Waals surface area contributed by atoms with Crippen LogP contribution in [0.5, 0.6) is 0 Å². The first-order valence-corrected chi connectivity index (χ1v) is 10.3. The van der Waals surface area contributed by atoms with E-state index in [1.54, 1.807) is 35.6 Å². The van der Waals surface area contributed by atoms with E-state index in [0.29, 0.717) is 16.3 Å². The molecule has 3 heterocycles. The second kappa shape index (κ2) is 7.53. The average molecular weight is 412 g/mol. The van der Waals surface area contributed by atoms with E-state index in [1.807, 2.05) is 23.8 Å². The van der Waals surface area contributed by atoms with Gasteiger partial charge in [0.15, 0.2) is 0 Å². The number of imide groups is 1. The van der Waals surface area contributed by atoms with E-state index in [2.05, 4.69) is 15.6 Å². The van der Waals surface area contributed by atoms with Gasteiger partial charge in [0.05, 0.1) is 18.8 Å². The number of benzene rings is 1. The zero-order chi connectivity index (χ0) is 19.7. The van der Waals surface area contributed by atoms with Crippen LogP contribution in [-0.2, 0) is 11.3 Å². The lowest BCUT2D eigenvalue weighted by Crippen LogP contribution is -2.30. The van der Waals surface area contributed by atoms with E-state index in [9.17, 15) is 14.4 Å². The Morgan fingerprint density at radius 2 is 2.18 bits per heavy atom. The number of urea groups is 1. The lowest BCUT2D eigenvalue weighted by atomic mass is 10.2. The maximum atomic E-state index is 12.7. The Kier molecular flexibility index (Phi) is 4.93. The zero-order valence-corrected chi connectivity index (χ0v) is 16.5. The molecule has 1 aliphatic rings. The maximum absolute atomic E-state index is 12.7. The standard InChI is InChI=1S/C19H16N4O3S2/c1-11-16(28-18(21-11)13-5-6-27-10-13)17(25)22-14-4-2-3-12(7-14)9-23-15(24)8-20-19(23)26/h2-7,10H,8-9H2,1H3,(H,20,26)(H,22,25). The molecule has 3 aromatic rings. The summed E-state index contributed by atoms with van der Waals surface area (Å²) in [6, 6.07) is 8.68. The molecular formula is C19H16N4O3S2. The largest absolute Gasteiger partial charge is 0.329 e. The van der Waals surface area contributed by atoms with Crippen molar-refractivity contribution in [1.29, 1.82) is 0 Å². The van der Waals surface area contributed by atoms with Crippen molar-refractivity contribution in [3.05, 3.63) is 57.2 Å². The summed E-state index contributed by atoms with van der Waals surface area (Å²) in [7, 11) is 0. The number of thiazole rings is 1. The van der Waals surface area contributed by atoms with Crippen molar-refractivity contribution >= 4 is 46.2 Å². The van der Waals surface area contributed by atoms with Crippen molar-refractivity contribution < 1.29 is 14.4 Å². The molecule has 1 fully saturated rings. The summed E-state index contributed by atoms with van der Waals surface area (Å²) in [5, 5.41) is 10.2. The predicted octanol–water partition coefficient (Wildman–Crippen LogP) is 3.48. The number of carbonyl (C=O) groups excluding carboxylic acids is 3. The highest BCUT2D eigenvalue weighted by atomic mass is 32.1. The van der Waals surface area contributed by atoms with Gasteiger partial charge in [-0.3, -0.25) is 14.5 Å². The van der Waals surface area contributed by atoms with Gasteiger partial charge < -0.3 is 10.6 Å². The molecule has 28 heavy (non-hydrogen) atoms. The number of aromatic nitrogens is 1. The summed E-state index contributed by atoms with van der Waals surface area (Å²) >= 11 is 2.94. The van der Waals surface area contributed by atoms with Crippen molar-refractivity contribution in [3.8, 4) is 10.6 Å². The lowest BCUT2D eigenvalue weighted by molar-refractivity contribution is -0.125. The Hall–Kier alpha value is -3.04. The van der Waals surface area contributed by atoms with E-state index >= 15 is 0 Å². The number of nitrogens with zero attached hydrogens (tertiary/aromatic N) is 2. The Balaban J connectivity index is 1.49. The molecule has 0 saturated carbocycles.